The Hall–Kier alpha value is -2.35. The second kappa shape index (κ2) is 8.06. The van der Waals surface area contributed by atoms with E-state index < -0.39 is 16.0 Å². The number of carbonyl (C=O) groups is 1. The molecule has 0 radical (unpaired) electrons. The van der Waals surface area contributed by atoms with Crippen LogP contribution < -0.4 is 0 Å². The Morgan fingerprint density at radius 3 is 2.77 bits per heavy atom. The van der Waals surface area contributed by atoms with Crippen LogP contribution in [0, 0.1) is 6.92 Å². The van der Waals surface area contributed by atoms with Gasteiger partial charge in [-0.25, -0.2) is 13.2 Å². The standard InChI is InChI=1S/C22H22ClNO5S/c1-3-28-22(25)21-14(2)17-13-15(10-11-20(17)29-21)30(26,27)24-12-6-9-19(24)16-7-4-5-8-18(16)23/h4-5,7-8,10-11,13,19H,3,6,9,12H2,1-2H3/t19-/m1/s1. The number of esters is 1. The number of furan rings is 1. The summed E-state index contributed by atoms with van der Waals surface area (Å²) in [4.78, 5) is 12.3. The van der Waals surface area contributed by atoms with E-state index in [2.05, 4.69) is 0 Å². The van der Waals surface area contributed by atoms with Crippen LogP contribution in [0.25, 0.3) is 11.0 Å². The third kappa shape index (κ3) is 3.51. The highest BCUT2D eigenvalue weighted by Crippen LogP contribution is 2.40. The summed E-state index contributed by atoms with van der Waals surface area (Å²) in [5.74, 6) is -0.467. The first-order chi connectivity index (χ1) is 14.3. The first kappa shape index (κ1) is 20.9. The summed E-state index contributed by atoms with van der Waals surface area (Å²) in [6.45, 7) is 4.09. The van der Waals surface area contributed by atoms with Crippen LogP contribution in [0.2, 0.25) is 5.02 Å². The van der Waals surface area contributed by atoms with Gasteiger partial charge in [0.2, 0.25) is 15.8 Å². The van der Waals surface area contributed by atoms with E-state index in [0.29, 0.717) is 34.5 Å². The van der Waals surface area contributed by atoms with Crippen molar-refractivity contribution in [2.75, 3.05) is 13.2 Å². The van der Waals surface area contributed by atoms with E-state index >= 15 is 0 Å². The highest BCUT2D eigenvalue weighted by molar-refractivity contribution is 7.89. The van der Waals surface area contributed by atoms with Crippen LogP contribution in [0.15, 0.2) is 51.8 Å². The molecule has 0 aliphatic carbocycles. The fourth-order valence-corrected chi connectivity index (χ4v) is 5.93. The molecule has 0 spiro atoms. The molecule has 1 fully saturated rings. The lowest BCUT2D eigenvalue weighted by molar-refractivity contribution is 0.0491. The molecule has 1 atom stereocenters. The lowest BCUT2D eigenvalue weighted by Gasteiger charge is -2.25. The SMILES string of the molecule is CCOC(=O)c1oc2ccc(S(=O)(=O)N3CCC[C@@H]3c3ccccc3Cl)cc2c1C. The summed E-state index contributed by atoms with van der Waals surface area (Å²) >= 11 is 6.35. The molecule has 30 heavy (non-hydrogen) atoms. The zero-order chi connectivity index (χ0) is 21.5. The van der Waals surface area contributed by atoms with Crippen molar-refractivity contribution in [3.63, 3.8) is 0 Å². The third-order valence-corrected chi connectivity index (χ3v) is 7.69. The van der Waals surface area contributed by atoms with E-state index in [1.54, 1.807) is 32.0 Å². The van der Waals surface area contributed by atoms with Gasteiger partial charge in [0.25, 0.3) is 0 Å². The number of benzene rings is 2. The molecule has 8 heteroatoms. The summed E-state index contributed by atoms with van der Waals surface area (Å²) in [6.07, 6.45) is 1.47. The summed E-state index contributed by atoms with van der Waals surface area (Å²) in [6, 6.07) is 11.7. The van der Waals surface area contributed by atoms with Gasteiger partial charge in [-0.2, -0.15) is 4.31 Å². The Kier molecular flexibility index (Phi) is 5.61. The van der Waals surface area contributed by atoms with Crippen molar-refractivity contribution in [1.29, 1.82) is 0 Å². The Morgan fingerprint density at radius 1 is 1.27 bits per heavy atom. The molecule has 1 aliphatic rings. The molecule has 4 rings (SSSR count). The smallest absolute Gasteiger partial charge is 0.374 e. The summed E-state index contributed by atoms with van der Waals surface area (Å²) in [5, 5.41) is 1.14. The maximum atomic E-state index is 13.5. The van der Waals surface area contributed by atoms with Gasteiger partial charge in [-0.1, -0.05) is 29.8 Å². The first-order valence-corrected chi connectivity index (χ1v) is 11.6. The number of hydrogen-bond acceptors (Lipinski definition) is 5. The van der Waals surface area contributed by atoms with Crippen molar-refractivity contribution in [2.24, 2.45) is 0 Å². The molecular formula is C22H22ClNO5S. The monoisotopic (exact) mass is 447 g/mol. The van der Waals surface area contributed by atoms with Crippen LogP contribution in [-0.4, -0.2) is 31.8 Å². The highest BCUT2D eigenvalue weighted by atomic mass is 35.5. The van der Waals surface area contributed by atoms with Crippen molar-refractivity contribution in [3.05, 3.63) is 64.4 Å². The fourth-order valence-electron chi connectivity index (χ4n) is 3.97. The van der Waals surface area contributed by atoms with Crippen LogP contribution in [0.1, 0.15) is 47.5 Å². The second-order valence-electron chi connectivity index (χ2n) is 7.23. The number of fused-ring (bicyclic) bond motifs is 1. The number of rotatable bonds is 5. The Labute approximate surface area is 180 Å². The lowest BCUT2D eigenvalue weighted by atomic mass is 10.1. The minimum Gasteiger partial charge on any atom is -0.460 e. The van der Waals surface area contributed by atoms with E-state index in [1.807, 2.05) is 18.2 Å². The zero-order valence-corrected chi connectivity index (χ0v) is 18.3. The number of hydrogen-bond donors (Lipinski definition) is 0. The van der Waals surface area contributed by atoms with E-state index in [0.717, 1.165) is 12.0 Å². The highest BCUT2D eigenvalue weighted by Gasteiger charge is 2.37. The molecule has 0 unspecified atom stereocenters. The Morgan fingerprint density at radius 2 is 2.03 bits per heavy atom. The molecule has 6 nitrogen and oxygen atoms in total. The number of carbonyl (C=O) groups excluding carboxylic acids is 1. The topological polar surface area (TPSA) is 76.8 Å². The maximum Gasteiger partial charge on any atom is 0.374 e. The molecule has 0 bridgehead atoms. The van der Waals surface area contributed by atoms with Gasteiger partial charge in [0.05, 0.1) is 17.5 Å². The molecule has 158 valence electrons. The predicted octanol–water partition coefficient (Wildman–Crippen LogP) is 5.10. The normalized spacial score (nSPS) is 17.5. The van der Waals surface area contributed by atoms with Crippen LogP contribution in [0.4, 0.5) is 0 Å². The van der Waals surface area contributed by atoms with Crippen molar-refractivity contribution in [2.45, 2.75) is 37.6 Å². The molecule has 1 saturated heterocycles. The van der Waals surface area contributed by atoms with Crippen LogP contribution in [0.5, 0.6) is 0 Å². The van der Waals surface area contributed by atoms with Gasteiger partial charge in [-0.05, 0) is 56.5 Å². The minimum absolute atomic E-state index is 0.0940. The largest absolute Gasteiger partial charge is 0.460 e. The molecule has 0 saturated carbocycles. The van der Waals surface area contributed by atoms with Gasteiger partial charge in [-0.3, -0.25) is 0 Å². The fraction of sp³-hybridized carbons (Fsp3) is 0.318. The molecule has 0 N–H and O–H groups in total. The number of aryl methyl sites for hydroxylation is 1. The Bertz CT molecular complexity index is 1220. The maximum absolute atomic E-state index is 13.5. The van der Waals surface area contributed by atoms with Crippen molar-refractivity contribution in [1.82, 2.24) is 4.31 Å². The van der Waals surface area contributed by atoms with Gasteiger partial charge in [-0.15, -0.1) is 0 Å². The average Bonchev–Trinajstić information content (AvgIpc) is 3.34. The van der Waals surface area contributed by atoms with E-state index in [4.69, 9.17) is 20.8 Å². The second-order valence-corrected chi connectivity index (χ2v) is 9.53. The van der Waals surface area contributed by atoms with Crippen LogP contribution in [0.3, 0.4) is 0 Å². The summed E-state index contributed by atoms with van der Waals surface area (Å²) in [5.41, 5.74) is 1.81. The van der Waals surface area contributed by atoms with Gasteiger partial charge in [0.15, 0.2) is 0 Å². The Balaban J connectivity index is 1.74. The van der Waals surface area contributed by atoms with E-state index in [9.17, 15) is 13.2 Å². The quantitative estimate of drug-likeness (QED) is 0.508. The minimum atomic E-state index is -3.77. The van der Waals surface area contributed by atoms with Crippen molar-refractivity contribution < 1.29 is 22.4 Å². The van der Waals surface area contributed by atoms with Crippen LogP contribution in [-0.2, 0) is 14.8 Å². The molecule has 2 aromatic carbocycles. The van der Waals surface area contributed by atoms with Gasteiger partial charge >= 0.3 is 5.97 Å². The molecular weight excluding hydrogens is 426 g/mol. The summed E-state index contributed by atoms with van der Waals surface area (Å²) < 4.78 is 39.1. The molecule has 0 amide bonds. The number of sulfonamides is 1. The van der Waals surface area contributed by atoms with Gasteiger partial charge in [0.1, 0.15) is 5.58 Å². The van der Waals surface area contributed by atoms with Crippen LogP contribution >= 0.6 is 11.6 Å². The molecule has 2 heterocycles. The lowest BCUT2D eigenvalue weighted by Crippen LogP contribution is -2.30. The van der Waals surface area contributed by atoms with Gasteiger partial charge in [0, 0.05) is 22.5 Å². The molecule has 1 aromatic heterocycles. The molecule has 1 aliphatic heterocycles. The van der Waals surface area contributed by atoms with Crippen molar-refractivity contribution >= 4 is 38.6 Å². The van der Waals surface area contributed by atoms with E-state index in [-0.39, 0.29) is 23.3 Å². The zero-order valence-electron chi connectivity index (χ0n) is 16.7. The third-order valence-electron chi connectivity index (χ3n) is 5.44. The van der Waals surface area contributed by atoms with Gasteiger partial charge < -0.3 is 9.15 Å². The van der Waals surface area contributed by atoms with E-state index in [1.165, 1.54) is 10.4 Å². The number of ether oxygens (including phenoxy) is 1. The predicted molar refractivity (Wildman–Crippen MR) is 114 cm³/mol. The number of halogens is 1. The average molecular weight is 448 g/mol. The van der Waals surface area contributed by atoms with Crippen molar-refractivity contribution in [3.8, 4) is 0 Å². The number of nitrogens with zero attached hydrogens (tertiary/aromatic N) is 1. The molecule has 3 aromatic rings. The first-order valence-electron chi connectivity index (χ1n) is 9.81. The summed E-state index contributed by atoms with van der Waals surface area (Å²) in [7, 11) is -3.77.